The molecule has 2 N–H and O–H groups in total. The van der Waals surface area contributed by atoms with Crippen LogP contribution in [-0.4, -0.2) is 46.8 Å². The molecule has 1 saturated heterocycles. The topological polar surface area (TPSA) is 60.8 Å². The number of carboxylic acids is 1. The lowest BCUT2D eigenvalue weighted by Gasteiger charge is -2.27. The van der Waals surface area contributed by atoms with Crippen LogP contribution in [0.3, 0.4) is 0 Å². The fraction of sp³-hybridized carbons (Fsp3) is 0.900. The van der Waals surface area contributed by atoms with Gasteiger partial charge in [-0.3, -0.25) is 9.69 Å². The molecular formula is C10H19NO3. The van der Waals surface area contributed by atoms with E-state index in [1.54, 1.807) is 6.92 Å². The van der Waals surface area contributed by atoms with E-state index in [-0.39, 0.29) is 18.6 Å². The molecule has 0 amide bonds. The summed E-state index contributed by atoms with van der Waals surface area (Å²) in [5, 5.41) is 17.8. The Morgan fingerprint density at radius 1 is 1.57 bits per heavy atom. The van der Waals surface area contributed by atoms with Gasteiger partial charge in [-0.2, -0.15) is 0 Å². The Kier molecular flexibility index (Phi) is 3.89. The molecule has 1 heterocycles. The van der Waals surface area contributed by atoms with E-state index < -0.39 is 5.97 Å². The van der Waals surface area contributed by atoms with Crippen LogP contribution in [0.25, 0.3) is 0 Å². The molecule has 1 aliphatic rings. The summed E-state index contributed by atoms with van der Waals surface area (Å²) in [5.41, 5.74) is 0. The van der Waals surface area contributed by atoms with Crippen LogP contribution in [0.1, 0.15) is 20.3 Å². The summed E-state index contributed by atoms with van der Waals surface area (Å²) in [7, 11) is 0. The fourth-order valence-electron chi connectivity index (χ4n) is 1.90. The smallest absolute Gasteiger partial charge is 0.307 e. The molecule has 0 aromatic rings. The van der Waals surface area contributed by atoms with E-state index in [1.165, 1.54) is 0 Å². The van der Waals surface area contributed by atoms with Crippen molar-refractivity contribution in [2.75, 3.05) is 19.7 Å². The molecule has 14 heavy (non-hydrogen) atoms. The van der Waals surface area contributed by atoms with Crippen LogP contribution >= 0.6 is 0 Å². The quantitative estimate of drug-likeness (QED) is 0.691. The Bertz CT molecular complexity index is 208. The highest BCUT2D eigenvalue weighted by Gasteiger charge is 2.30. The SMILES string of the molecule is CC(C(=O)O)C(C)N1CCC(CO)C1. The largest absolute Gasteiger partial charge is 0.481 e. The van der Waals surface area contributed by atoms with Gasteiger partial charge in [0, 0.05) is 19.2 Å². The number of aliphatic hydroxyl groups is 1. The lowest BCUT2D eigenvalue weighted by molar-refractivity contribution is -0.143. The zero-order chi connectivity index (χ0) is 10.7. The third-order valence-corrected chi connectivity index (χ3v) is 3.26. The molecule has 0 spiro atoms. The fourth-order valence-corrected chi connectivity index (χ4v) is 1.90. The van der Waals surface area contributed by atoms with Crippen molar-refractivity contribution in [2.45, 2.75) is 26.3 Å². The first kappa shape index (κ1) is 11.5. The first-order valence-electron chi connectivity index (χ1n) is 5.14. The van der Waals surface area contributed by atoms with Gasteiger partial charge in [0.2, 0.25) is 0 Å². The van der Waals surface area contributed by atoms with Crippen LogP contribution in [0, 0.1) is 11.8 Å². The number of likely N-dealkylation sites (tertiary alicyclic amines) is 1. The maximum Gasteiger partial charge on any atom is 0.307 e. The Balaban J connectivity index is 2.46. The minimum absolute atomic E-state index is 0.0593. The standard InChI is InChI=1S/C10H19NO3/c1-7(10(13)14)8(2)11-4-3-9(5-11)6-12/h7-9,12H,3-6H2,1-2H3,(H,13,14). The van der Waals surface area contributed by atoms with Gasteiger partial charge in [-0.1, -0.05) is 6.92 Å². The minimum atomic E-state index is -0.745. The van der Waals surface area contributed by atoms with Gasteiger partial charge in [0.15, 0.2) is 0 Å². The van der Waals surface area contributed by atoms with Gasteiger partial charge in [-0.05, 0) is 25.8 Å². The van der Waals surface area contributed by atoms with Gasteiger partial charge in [0.1, 0.15) is 0 Å². The minimum Gasteiger partial charge on any atom is -0.481 e. The second-order valence-corrected chi connectivity index (χ2v) is 4.20. The van der Waals surface area contributed by atoms with Crippen molar-refractivity contribution in [1.29, 1.82) is 0 Å². The molecule has 3 atom stereocenters. The monoisotopic (exact) mass is 201 g/mol. The van der Waals surface area contributed by atoms with E-state index in [9.17, 15) is 4.79 Å². The zero-order valence-electron chi connectivity index (χ0n) is 8.81. The van der Waals surface area contributed by atoms with Gasteiger partial charge >= 0.3 is 5.97 Å². The van der Waals surface area contributed by atoms with Crippen LogP contribution in [0.2, 0.25) is 0 Å². The normalized spacial score (nSPS) is 27.5. The lowest BCUT2D eigenvalue weighted by atomic mass is 10.0. The van der Waals surface area contributed by atoms with Crippen molar-refractivity contribution in [2.24, 2.45) is 11.8 Å². The van der Waals surface area contributed by atoms with Crippen molar-refractivity contribution >= 4 is 5.97 Å². The second kappa shape index (κ2) is 4.75. The Labute approximate surface area is 84.5 Å². The predicted molar refractivity (Wildman–Crippen MR) is 53.0 cm³/mol. The highest BCUT2D eigenvalue weighted by atomic mass is 16.4. The molecule has 0 radical (unpaired) electrons. The van der Waals surface area contributed by atoms with Crippen LogP contribution in [-0.2, 0) is 4.79 Å². The molecule has 0 aliphatic carbocycles. The highest BCUT2D eigenvalue weighted by molar-refractivity contribution is 5.70. The van der Waals surface area contributed by atoms with Crippen LogP contribution in [0.5, 0.6) is 0 Å². The van der Waals surface area contributed by atoms with Crippen molar-refractivity contribution in [3.63, 3.8) is 0 Å². The summed E-state index contributed by atoms with van der Waals surface area (Å²) in [6.45, 7) is 5.63. The summed E-state index contributed by atoms with van der Waals surface area (Å²) in [6.07, 6.45) is 0.979. The molecule has 0 bridgehead atoms. The summed E-state index contributed by atoms with van der Waals surface area (Å²) < 4.78 is 0. The average molecular weight is 201 g/mol. The van der Waals surface area contributed by atoms with E-state index in [1.807, 2.05) is 6.92 Å². The van der Waals surface area contributed by atoms with Crippen LogP contribution in [0.15, 0.2) is 0 Å². The van der Waals surface area contributed by atoms with Crippen molar-refractivity contribution < 1.29 is 15.0 Å². The second-order valence-electron chi connectivity index (χ2n) is 4.20. The number of carboxylic acid groups (broad SMARTS) is 1. The lowest BCUT2D eigenvalue weighted by Crippen LogP contribution is -2.39. The van der Waals surface area contributed by atoms with E-state index in [4.69, 9.17) is 10.2 Å². The van der Waals surface area contributed by atoms with Gasteiger partial charge < -0.3 is 10.2 Å². The Hall–Kier alpha value is -0.610. The maximum absolute atomic E-state index is 10.8. The van der Waals surface area contributed by atoms with Crippen LogP contribution < -0.4 is 0 Å². The van der Waals surface area contributed by atoms with E-state index in [0.717, 1.165) is 19.5 Å². The number of aliphatic carboxylic acids is 1. The first-order chi connectivity index (χ1) is 6.56. The maximum atomic E-state index is 10.8. The molecule has 1 aliphatic heterocycles. The number of rotatable bonds is 4. The number of hydrogen-bond acceptors (Lipinski definition) is 3. The Morgan fingerprint density at radius 2 is 2.21 bits per heavy atom. The van der Waals surface area contributed by atoms with Gasteiger partial charge in [-0.15, -0.1) is 0 Å². The van der Waals surface area contributed by atoms with Crippen molar-refractivity contribution in [3.8, 4) is 0 Å². The molecule has 1 fully saturated rings. The van der Waals surface area contributed by atoms with Gasteiger partial charge in [0.25, 0.3) is 0 Å². The van der Waals surface area contributed by atoms with E-state index in [2.05, 4.69) is 4.90 Å². The zero-order valence-corrected chi connectivity index (χ0v) is 8.81. The molecule has 4 heteroatoms. The molecule has 0 saturated carbocycles. The summed E-state index contributed by atoms with van der Waals surface area (Å²) in [4.78, 5) is 12.9. The third-order valence-electron chi connectivity index (χ3n) is 3.26. The third kappa shape index (κ3) is 2.45. The van der Waals surface area contributed by atoms with E-state index in [0.29, 0.717) is 5.92 Å². The Morgan fingerprint density at radius 3 is 2.64 bits per heavy atom. The molecule has 0 aromatic carbocycles. The number of aliphatic hydroxyl groups excluding tert-OH is 1. The van der Waals surface area contributed by atoms with Crippen molar-refractivity contribution in [1.82, 2.24) is 4.90 Å². The molecule has 1 rings (SSSR count). The van der Waals surface area contributed by atoms with Gasteiger partial charge in [-0.25, -0.2) is 0 Å². The summed E-state index contributed by atoms with van der Waals surface area (Å²) in [6, 6.07) is 0.0593. The molecule has 0 aromatic heterocycles. The number of nitrogens with zero attached hydrogens (tertiary/aromatic N) is 1. The molecule has 3 unspecified atom stereocenters. The molecule has 82 valence electrons. The van der Waals surface area contributed by atoms with Crippen LogP contribution in [0.4, 0.5) is 0 Å². The van der Waals surface area contributed by atoms with E-state index >= 15 is 0 Å². The summed E-state index contributed by atoms with van der Waals surface area (Å²) in [5.74, 6) is -0.754. The molecule has 4 nitrogen and oxygen atoms in total. The predicted octanol–water partition coefficient (Wildman–Crippen LogP) is 0.410. The van der Waals surface area contributed by atoms with Crippen molar-refractivity contribution in [3.05, 3.63) is 0 Å². The number of hydrogen-bond donors (Lipinski definition) is 2. The highest BCUT2D eigenvalue weighted by Crippen LogP contribution is 2.21. The molecular weight excluding hydrogens is 182 g/mol. The number of carbonyl (C=O) groups is 1. The van der Waals surface area contributed by atoms with Gasteiger partial charge in [0.05, 0.1) is 5.92 Å². The summed E-state index contributed by atoms with van der Waals surface area (Å²) >= 11 is 0. The first-order valence-corrected chi connectivity index (χ1v) is 5.14. The average Bonchev–Trinajstić information content (AvgIpc) is 2.63.